The fourth-order valence-corrected chi connectivity index (χ4v) is 5.97. The van der Waals surface area contributed by atoms with Gasteiger partial charge in [-0.05, 0) is 32.0 Å². The lowest BCUT2D eigenvalue weighted by molar-refractivity contribution is -0.385. The van der Waals surface area contributed by atoms with Crippen LogP contribution in [0, 0.1) is 24.0 Å². The Morgan fingerprint density at radius 2 is 1.24 bits per heavy atom. The second-order valence-corrected chi connectivity index (χ2v) is 10.7. The van der Waals surface area contributed by atoms with Gasteiger partial charge in [-0.1, -0.05) is 23.8 Å². The normalized spacial score (nSPS) is 16.6. The first kappa shape index (κ1) is 21.4. The van der Waals surface area contributed by atoms with E-state index in [0.717, 1.165) is 15.9 Å². The Hall–Kier alpha value is -2.34. The van der Waals surface area contributed by atoms with E-state index in [2.05, 4.69) is 0 Å². The Labute approximate surface area is 169 Å². The van der Waals surface area contributed by atoms with E-state index in [9.17, 15) is 26.9 Å². The molecular weight excluding hydrogens is 418 g/mol. The van der Waals surface area contributed by atoms with Gasteiger partial charge in [0.15, 0.2) is 0 Å². The van der Waals surface area contributed by atoms with Crippen LogP contribution in [0.25, 0.3) is 0 Å². The minimum absolute atomic E-state index is 0.00337. The van der Waals surface area contributed by atoms with E-state index in [4.69, 9.17) is 0 Å². The average molecular weight is 440 g/mol. The molecule has 0 amide bonds. The summed E-state index contributed by atoms with van der Waals surface area (Å²) in [4.78, 5) is 10.5. The monoisotopic (exact) mass is 439 g/mol. The summed E-state index contributed by atoms with van der Waals surface area (Å²) in [5.41, 5.74) is 1.03. The molecule has 1 aliphatic rings. The Morgan fingerprint density at radius 3 is 1.72 bits per heavy atom. The van der Waals surface area contributed by atoms with E-state index in [1.165, 1.54) is 35.5 Å². The summed E-state index contributed by atoms with van der Waals surface area (Å²) < 4.78 is 53.7. The fraction of sp³-hybridized carbons (Fsp3) is 0.333. The first-order valence-electron chi connectivity index (χ1n) is 8.85. The molecule has 156 valence electrons. The van der Waals surface area contributed by atoms with Crippen LogP contribution in [0.4, 0.5) is 5.69 Å². The maximum Gasteiger partial charge on any atom is 0.273 e. The van der Waals surface area contributed by atoms with Gasteiger partial charge >= 0.3 is 0 Å². The minimum atomic E-state index is -3.97. The number of hydrogen-bond donors (Lipinski definition) is 0. The van der Waals surface area contributed by atoms with Crippen molar-refractivity contribution in [1.82, 2.24) is 8.61 Å². The van der Waals surface area contributed by atoms with Crippen LogP contribution in [-0.2, 0) is 20.0 Å². The number of aryl methyl sites for hydroxylation is 2. The van der Waals surface area contributed by atoms with Crippen LogP contribution in [0.1, 0.15) is 11.1 Å². The number of nitro benzene ring substituents is 1. The lowest BCUT2D eigenvalue weighted by atomic mass is 10.2. The van der Waals surface area contributed by atoms with Gasteiger partial charge in [0, 0.05) is 37.8 Å². The van der Waals surface area contributed by atoms with Crippen molar-refractivity contribution in [2.75, 3.05) is 26.2 Å². The van der Waals surface area contributed by atoms with Gasteiger partial charge in [0.2, 0.25) is 20.0 Å². The van der Waals surface area contributed by atoms with E-state index in [1.54, 1.807) is 12.1 Å². The van der Waals surface area contributed by atoms with Crippen molar-refractivity contribution in [1.29, 1.82) is 0 Å². The van der Waals surface area contributed by atoms with Crippen molar-refractivity contribution in [3.63, 3.8) is 0 Å². The molecule has 0 aromatic heterocycles. The molecule has 29 heavy (non-hydrogen) atoms. The molecule has 1 fully saturated rings. The number of piperazine rings is 1. The summed E-state index contributed by atoms with van der Waals surface area (Å²) in [6, 6.07) is 10.2. The molecule has 0 aliphatic carbocycles. The zero-order chi connectivity index (χ0) is 21.4. The zero-order valence-corrected chi connectivity index (χ0v) is 17.6. The number of hydrogen-bond acceptors (Lipinski definition) is 6. The average Bonchev–Trinajstić information content (AvgIpc) is 2.68. The number of rotatable bonds is 5. The summed E-state index contributed by atoms with van der Waals surface area (Å²) in [7, 11) is -7.68. The molecule has 0 radical (unpaired) electrons. The molecule has 0 bridgehead atoms. The van der Waals surface area contributed by atoms with Gasteiger partial charge in [-0.15, -0.1) is 0 Å². The van der Waals surface area contributed by atoms with Gasteiger partial charge in [0.25, 0.3) is 5.69 Å². The highest BCUT2D eigenvalue weighted by molar-refractivity contribution is 7.89. The van der Waals surface area contributed by atoms with Crippen molar-refractivity contribution < 1.29 is 21.8 Å². The lowest BCUT2D eigenvalue weighted by Crippen LogP contribution is -2.50. The van der Waals surface area contributed by atoms with Gasteiger partial charge in [-0.3, -0.25) is 10.1 Å². The zero-order valence-electron chi connectivity index (χ0n) is 16.0. The minimum Gasteiger partial charge on any atom is -0.258 e. The van der Waals surface area contributed by atoms with Gasteiger partial charge in [0.1, 0.15) is 0 Å². The molecule has 9 nitrogen and oxygen atoms in total. The van der Waals surface area contributed by atoms with Crippen LogP contribution < -0.4 is 0 Å². The summed E-state index contributed by atoms with van der Waals surface area (Å²) in [6.45, 7) is 3.33. The largest absolute Gasteiger partial charge is 0.273 e. The third-order valence-corrected chi connectivity index (χ3v) is 8.68. The van der Waals surface area contributed by atoms with Crippen LogP contribution in [-0.4, -0.2) is 56.5 Å². The molecule has 3 rings (SSSR count). The predicted octanol–water partition coefficient (Wildman–Crippen LogP) is 1.91. The molecule has 1 saturated heterocycles. The Balaban J connectivity index is 1.79. The molecule has 0 atom stereocenters. The standard InChI is InChI=1S/C18H21N3O6S2/c1-14-3-6-16(7-4-14)28(24,25)19-9-11-20(12-10-19)29(26,27)17-8-5-15(2)18(13-17)21(22)23/h3-8,13H,9-12H2,1-2H3. The number of sulfonamides is 2. The quantitative estimate of drug-likeness (QED) is 0.519. The van der Waals surface area contributed by atoms with E-state index in [1.807, 2.05) is 6.92 Å². The third kappa shape index (κ3) is 4.17. The molecule has 0 spiro atoms. The molecule has 0 unspecified atom stereocenters. The van der Waals surface area contributed by atoms with Crippen LogP contribution >= 0.6 is 0 Å². The van der Waals surface area contributed by atoms with Crippen molar-refractivity contribution >= 4 is 25.7 Å². The predicted molar refractivity (Wildman–Crippen MR) is 107 cm³/mol. The van der Waals surface area contributed by atoms with Crippen molar-refractivity contribution in [2.45, 2.75) is 23.6 Å². The van der Waals surface area contributed by atoms with E-state index < -0.39 is 25.0 Å². The van der Waals surface area contributed by atoms with Gasteiger partial charge in [0.05, 0.1) is 14.7 Å². The maximum atomic E-state index is 12.9. The molecule has 2 aromatic rings. The SMILES string of the molecule is Cc1ccc(S(=O)(=O)N2CCN(S(=O)(=O)c3ccc(C)c([N+](=O)[O-])c3)CC2)cc1. The molecule has 2 aromatic carbocycles. The van der Waals surface area contributed by atoms with Gasteiger partial charge in [-0.2, -0.15) is 8.61 Å². The summed E-state index contributed by atoms with van der Waals surface area (Å²) in [5, 5.41) is 11.1. The number of benzene rings is 2. The van der Waals surface area contributed by atoms with Crippen LogP contribution in [0.2, 0.25) is 0 Å². The molecule has 1 heterocycles. The maximum absolute atomic E-state index is 12.9. The molecule has 11 heteroatoms. The third-order valence-electron chi connectivity index (χ3n) is 4.87. The second kappa shape index (κ2) is 7.82. The van der Waals surface area contributed by atoms with Gasteiger partial charge < -0.3 is 0 Å². The lowest BCUT2D eigenvalue weighted by Gasteiger charge is -2.33. The van der Waals surface area contributed by atoms with E-state index >= 15 is 0 Å². The summed E-state index contributed by atoms with van der Waals surface area (Å²) >= 11 is 0. The topological polar surface area (TPSA) is 118 Å². The van der Waals surface area contributed by atoms with Crippen molar-refractivity contribution in [2.24, 2.45) is 0 Å². The van der Waals surface area contributed by atoms with Crippen molar-refractivity contribution in [3.05, 3.63) is 63.7 Å². The smallest absolute Gasteiger partial charge is 0.258 e. The van der Waals surface area contributed by atoms with E-state index in [-0.39, 0.29) is 41.7 Å². The first-order chi connectivity index (χ1) is 13.5. The molecular formula is C18H21N3O6S2. The number of nitro groups is 1. The molecule has 0 N–H and O–H groups in total. The van der Waals surface area contributed by atoms with E-state index in [0.29, 0.717) is 5.56 Å². The Morgan fingerprint density at radius 1 is 0.793 bits per heavy atom. The first-order valence-corrected chi connectivity index (χ1v) is 11.7. The highest BCUT2D eigenvalue weighted by Gasteiger charge is 2.34. The fourth-order valence-electron chi connectivity index (χ4n) is 3.11. The highest BCUT2D eigenvalue weighted by Crippen LogP contribution is 2.26. The van der Waals surface area contributed by atoms with Gasteiger partial charge in [-0.25, -0.2) is 16.8 Å². The molecule has 0 saturated carbocycles. The Bertz CT molecular complexity index is 1140. The number of nitrogens with zero attached hydrogens (tertiary/aromatic N) is 3. The van der Waals surface area contributed by atoms with Crippen LogP contribution in [0.3, 0.4) is 0 Å². The summed E-state index contributed by atoms with van der Waals surface area (Å²) in [5.74, 6) is 0. The second-order valence-electron chi connectivity index (χ2n) is 6.83. The molecule has 1 aliphatic heterocycles. The van der Waals surface area contributed by atoms with Crippen LogP contribution in [0.5, 0.6) is 0 Å². The van der Waals surface area contributed by atoms with Crippen LogP contribution in [0.15, 0.2) is 52.3 Å². The summed E-state index contributed by atoms with van der Waals surface area (Å²) in [6.07, 6.45) is 0. The highest BCUT2D eigenvalue weighted by atomic mass is 32.2. The Kier molecular flexibility index (Phi) is 5.77. The van der Waals surface area contributed by atoms with Crippen molar-refractivity contribution in [3.8, 4) is 0 Å².